The van der Waals surface area contributed by atoms with E-state index in [1.54, 1.807) is 11.1 Å². The van der Waals surface area contributed by atoms with Crippen molar-refractivity contribution in [2.45, 2.75) is 40.5 Å². The van der Waals surface area contributed by atoms with E-state index >= 15 is 0 Å². The molecule has 0 saturated carbocycles. The van der Waals surface area contributed by atoms with Crippen molar-refractivity contribution < 1.29 is 23.2 Å². The van der Waals surface area contributed by atoms with E-state index in [9.17, 15) is 0 Å². The Morgan fingerprint density at radius 2 is 1.24 bits per heavy atom. The molecule has 0 bridgehead atoms. The number of hydrogen-bond acceptors (Lipinski definition) is 0. The zero-order valence-corrected chi connectivity index (χ0v) is 13.8. The topological polar surface area (TPSA) is 0 Å². The van der Waals surface area contributed by atoms with Crippen LogP contribution in [0, 0.1) is 11.8 Å². The summed E-state index contributed by atoms with van der Waals surface area (Å²) in [5.41, 5.74) is 3.30. The molecule has 0 amide bonds. The van der Waals surface area contributed by atoms with Crippen molar-refractivity contribution in [3.63, 3.8) is 0 Å². The van der Waals surface area contributed by atoms with Crippen LogP contribution in [0.25, 0.3) is 0 Å². The Morgan fingerprint density at radius 3 is 1.59 bits per heavy atom. The summed E-state index contributed by atoms with van der Waals surface area (Å²) in [5, 5.41) is 0. The fourth-order valence-electron chi connectivity index (χ4n) is 2.55. The Morgan fingerprint density at radius 1 is 0.824 bits per heavy atom. The van der Waals surface area contributed by atoms with Gasteiger partial charge < -0.3 is 0 Å². The molecule has 0 aromatic rings. The molecule has 0 nitrogen and oxygen atoms in total. The van der Waals surface area contributed by atoms with Crippen LogP contribution < -0.4 is 0 Å². The minimum atomic E-state index is -0.491. The van der Waals surface area contributed by atoms with Gasteiger partial charge in [-0.15, -0.1) is 0 Å². The average molecular weight is 306 g/mol. The standard InChI is InChI=1S/2C8H11.Zr/c2*1-7(2)8-5-3-4-6-8;/h2*3,5,7H,4H2,1-2H3;. The first-order chi connectivity index (χ1) is 8.09. The number of rotatable bonds is 4. The van der Waals surface area contributed by atoms with Crippen LogP contribution in [0.4, 0.5) is 0 Å². The van der Waals surface area contributed by atoms with Crippen LogP contribution in [0.15, 0.2) is 42.0 Å². The normalized spacial score (nSPS) is 19.4. The summed E-state index contributed by atoms with van der Waals surface area (Å²) in [6, 6.07) is 0. The van der Waals surface area contributed by atoms with Crippen molar-refractivity contribution in [3.05, 3.63) is 42.0 Å². The zero-order valence-electron chi connectivity index (χ0n) is 11.4. The molecule has 90 valence electrons. The molecule has 0 aromatic carbocycles. The maximum absolute atomic E-state index is 2.37. The van der Waals surface area contributed by atoms with Crippen molar-refractivity contribution in [2.75, 3.05) is 0 Å². The van der Waals surface area contributed by atoms with Gasteiger partial charge >= 0.3 is 118 Å². The first-order valence-corrected chi connectivity index (χ1v) is 9.11. The van der Waals surface area contributed by atoms with E-state index in [2.05, 4.69) is 52.0 Å². The van der Waals surface area contributed by atoms with Gasteiger partial charge in [-0.3, -0.25) is 0 Å². The van der Waals surface area contributed by atoms with Crippen LogP contribution in [-0.4, -0.2) is 0 Å². The quantitative estimate of drug-likeness (QED) is 0.699. The first-order valence-electron chi connectivity index (χ1n) is 6.65. The van der Waals surface area contributed by atoms with E-state index in [0.717, 1.165) is 0 Å². The third kappa shape index (κ3) is 2.99. The Labute approximate surface area is 117 Å². The van der Waals surface area contributed by atoms with Gasteiger partial charge in [0.15, 0.2) is 0 Å². The summed E-state index contributed by atoms with van der Waals surface area (Å²) in [6.07, 6.45) is 12.0. The molecular formula is C16H22Zr. The van der Waals surface area contributed by atoms with E-state index in [4.69, 9.17) is 0 Å². The number of allylic oxidation sites excluding steroid dienone is 8. The molecule has 0 unspecified atom stereocenters. The predicted octanol–water partition coefficient (Wildman–Crippen LogP) is 4.81. The monoisotopic (exact) mass is 304 g/mol. The van der Waals surface area contributed by atoms with E-state index in [0.29, 0.717) is 11.8 Å². The summed E-state index contributed by atoms with van der Waals surface area (Å²) in [5.74, 6) is 1.42. The van der Waals surface area contributed by atoms with Crippen LogP contribution in [0.3, 0.4) is 0 Å². The summed E-state index contributed by atoms with van der Waals surface area (Å²) in [7, 11) is 0. The Kier molecular flexibility index (Phi) is 4.42. The van der Waals surface area contributed by atoms with Gasteiger partial charge in [-0.2, -0.15) is 0 Å². The van der Waals surface area contributed by atoms with Crippen molar-refractivity contribution in [3.8, 4) is 0 Å². The summed E-state index contributed by atoms with van der Waals surface area (Å²) < 4.78 is 3.64. The average Bonchev–Trinajstić information content (AvgIpc) is 2.86. The van der Waals surface area contributed by atoms with Gasteiger partial charge in [-0.1, -0.05) is 0 Å². The van der Waals surface area contributed by atoms with Gasteiger partial charge in [0.2, 0.25) is 0 Å². The zero-order chi connectivity index (χ0) is 12.4. The second-order valence-corrected chi connectivity index (χ2v) is 9.10. The second kappa shape index (κ2) is 5.66. The molecule has 0 saturated heterocycles. The molecule has 0 fully saturated rings. The molecule has 2 rings (SSSR count). The van der Waals surface area contributed by atoms with E-state index in [1.165, 1.54) is 12.8 Å². The molecule has 17 heavy (non-hydrogen) atoms. The Bertz CT molecular complexity index is 377. The molecule has 2 aliphatic rings. The van der Waals surface area contributed by atoms with Crippen molar-refractivity contribution in [2.24, 2.45) is 11.8 Å². The van der Waals surface area contributed by atoms with Crippen molar-refractivity contribution in [1.29, 1.82) is 0 Å². The molecule has 0 atom stereocenters. The molecule has 0 N–H and O–H groups in total. The molecule has 2 aliphatic carbocycles. The maximum atomic E-state index is 2.37. The van der Waals surface area contributed by atoms with Gasteiger partial charge in [0, 0.05) is 0 Å². The molecule has 1 heteroatoms. The molecule has 0 radical (unpaired) electrons. The van der Waals surface area contributed by atoms with E-state index in [1.807, 2.05) is 6.56 Å². The van der Waals surface area contributed by atoms with Gasteiger partial charge in [-0.25, -0.2) is 0 Å². The van der Waals surface area contributed by atoms with Crippen LogP contribution in [0.2, 0.25) is 0 Å². The Hall–Kier alpha value is -0.157. The van der Waals surface area contributed by atoms with E-state index in [-0.39, 0.29) is 0 Å². The summed E-state index contributed by atoms with van der Waals surface area (Å²) >= 11 is -0.491. The number of hydrogen-bond donors (Lipinski definition) is 0. The fraction of sp³-hybridized carbons (Fsp3) is 0.500. The van der Waals surface area contributed by atoms with Crippen molar-refractivity contribution in [1.82, 2.24) is 0 Å². The van der Waals surface area contributed by atoms with E-state index < -0.39 is 23.2 Å². The van der Waals surface area contributed by atoms with Crippen LogP contribution in [0.5, 0.6) is 0 Å². The third-order valence-corrected chi connectivity index (χ3v) is 7.39. The SMILES string of the molecule is CC(C)C1=[C]([Zr][C]2=C(C(C)C)C=CC2)CC=C1. The van der Waals surface area contributed by atoms with Gasteiger partial charge in [0.05, 0.1) is 0 Å². The van der Waals surface area contributed by atoms with Crippen LogP contribution >= 0.6 is 0 Å². The third-order valence-electron chi connectivity index (χ3n) is 3.48. The van der Waals surface area contributed by atoms with Crippen LogP contribution in [-0.2, 0) is 23.2 Å². The van der Waals surface area contributed by atoms with Gasteiger partial charge in [0.1, 0.15) is 0 Å². The second-order valence-electron chi connectivity index (χ2n) is 5.52. The van der Waals surface area contributed by atoms with Crippen LogP contribution in [0.1, 0.15) is 40.5 Å². The molecular weight excluding hydrogens is 283 g/mol. The molecule has 0 aliphatic heterocycles. The van der Waals surface area contributed by atoms with Gasteiger partial charge in [0.25, 0.3) is 0 Å². The molecule has 0 aromatic heterocycles. The van der Waals surface area contributed by atoms with Gasteiger partial charge in [-0.05, 0) is 0 Å². The molecule has 0 heterocycles. The van der Waals surface area contributed by atoms with Crippen molar-refractivity contribution >= 4 is 0 Å². The summed E-state index contributed by atoms with van der Waals surface area (Å²) in [6.45, 7) is 9.31. The summed E-state index contributed by atoms with van der Waals surface area (Å²) in [4.78, 5) is 0. The first kappa shape index (κ1) is 13.3. The minimum absolute atomic E-state index is 0.491. The molecule has 0 spiro atoms. The predicted molar refractivity (Wildman–Crippen MR) is 71.2 cm³/mol. The Balaban J connectivity index is 2.18. The fourth-order valence-corrected chi connectivity index (χ4v) is 7.07.